The third-order valence-electron chi connectivity index (χ3n) is 4.05. The first-order chi connectivity index (χ1) is 10.5. The summed E-state index contributed by atoms with van der Waals surface area (Å²) in [5, 5.41) is 13.2. The third kappa shape index (κ3) is 3.65. The largest absolute Gasteiger partial charge is 0.467 e. The highest BCUT2D eigenvalue weighted by Crippen LogP contribution is 2.24. The van der Waals surface area contributed by atoms with Crippen LogP contribution in [0, 0.1) is 0 Å². The van der Waals surface area contributed by atoms with Crippen molar-refractivity contribution in [2.45, 2.75) is 56.4 Å². The minimum Gasteiger partial charge on any atom is -0.467 e. The van der Waals surface area contributed by atoms with Gasteiger partial charge in [-0.05, 0) is 25.5 Å². The van der Waals surface area contributed by atoms with Crippen LogP contribution in [0.2, 0.25) is 0 Å². The molecule has 1 aliphatic heterocycles. The molecule has 22 heavy (non-hydrogen) atoms. The predicted molar refractivity (Wildman–Crippen MR) is 80.5 cm³/mol. The number of carbonyl (C=O) groups is 1. The van der Waals surface area contributed by atoms with E-state index in [2.05, 4.69) is 5.32 Å². The Morgan fingerprint density at radius 3 is 2.82 bits per heavy atom. The van der Waals surface area contributed by atoms with Crippen LogP contribution in [0.3, 0.4) is 0 Å². The molecule has 0 radical (unpaired) electrons. The van der Waals surface area contributed by atoms with Gasteiger partial charge in [-0.15, -0.1) is 0 Å². The number of hydrogen-bond donors (Lipinski definition) is 5. The highest BCUT2D eigenvalue weighted by atomic mass is 16.7. The fraction of sp³-hybridized carbons (Fsp3) is 0.786. The summed E-state index contributed by atoms with van der Waals surface area (Å²) in [4.78, 5) is 12.2. The number of Topliss-reactive ketones (excluding diaryl/α,β-unsaturated/α-hetero) is 1. The fourth-order valence-electron chi connectivity index (χ4n) is 2.81. The number of nitrogens with one attached hydrogen (secondary N) is 1. The number of carbonyl (C=O) groups excluding carboxylic acids is 1. The van der Waals surface area contributed by atoms with Gasteiger partial charge in [0, 0.05) is 6.04 Å². The molecule has 8 N–H and O–H groups in total. The van der Waals surface area contributed by atoms with E-state index in [0.717, 1.165) is 0 Å². The number of hydrogen-bond acceptors (Lipinski definition) is 8. The van der Waals surface area contributed by atoms with Gasteiger partial charge in [0.05, 0.1) is 18.6 Å². The molecular formula is C14H26N4O4. The van der Waals surface area contributed by atoms with Crippen molar-refractivity contribution in [2.75, 3.05) is 13.1 Å². The SMILES string of the molecule is CCN[C@@H]1C[C@H](N)[C@@H](O[C@H]2OC(CN)=CC[C@H]2N)[C@H](O)C1=O. The Labute approximate surface area is 130 Å². The number of aliphatic hydroxyl groups is 1. The van der Waals surface area contributed by atoms with Gasteiger partial charge in [0.1, 0.15) is 18.0 Å². The predicted octanol–water partition coefficient (Wildman–Crippen LogP) is -2.07. The van der Waals surface area contributed by atoms with E-state index in [-0.39, 0.29) is 12.3 Å². The smallest absolute Gasteiger partial charge is 0.215 e. The van der Waals surface area contributed by atoms with Crippen molar-refractivity contribution in [2.24, 2.45) is 17.2 Å². The van der Waals surface area contributed by atoms with Crippen molar-refractivity contribution < 1.29 is 19.4 Å². The number of aliphatic hydroxyl groups excluding tert-OH is 1. The molecule has 0 unspecified atom stereocenters. The lowest BCUT2D eigenvalue weighted by atomic mass is 9.85. The number of ketones is 1. The zero-order valence-corrected chi connectivity index (χ0v) is 12.8. The lowest BCUT2D eigenvalue weighted by Gasteiger charge is -2.40. The average molecular weight is 314 g/mol. The quantitative estimate of drug-likeness (QED) is 0.389. The molecule has 0 saturated heterocycles. The molecule has 2 rings (SSSR count). The third-order valence-corrected chi connectivity index (χ3v) is 4.05. The van der Waals surface area contributed by atoms with Gasteiger partial charge in [0.2, 0.25) is 6.29 Å². The van der Waals surface area contributed by atoms with E-state index in [1.807, 2.05) is 13.0 Å². The zero-order chi connectivity index (χ0) is 16.3. The molecule has 6 atom stereocenters. The lowest BCUT2D eigenvalue weighted by Crippen LogP contribution is -2.62. The Hall–Kier alpha value is -1.03. The van der Waals surface area contributed by atoms with E-state index in [0.29, 0.717) is 25.1 Å². The summed E-state index contributed by atoms with van der Waals surface area (Å²) in [6.07, 6.45) is -0.128. The summed E-state index contributed by atoms with van der Waals surface area (Å²) in [6.45, 7) is 2.76. The zero-order valence-electron chi connectivity index (χ0n) is 12.8. The summed E-state index contributed by atoms with van der Waals surface area (Å²) in [7, 11) is 0. The molecule has 0 bridgehead atoms. The number of likely N-dealkylation sites (N-methyl/N-ethyl adjacent to an activating group) is 1. The molecule has 1 fully saturated rings. The van der Waals surface area contributed by atoms with Gasteiger partial charge in [-0.2, -0.15) is 0 Å². The normalized spacial score (nSPS) is 39.3. The van der Waals surface area contributed by atoms with Gasteiger partial charge in [-0.3, -0.25) is 4.79 Å². The molecular weight excluding hydrogens is 288 g/mol. The summed E-state index contributed by atoms with van der Waals surface area (Å²) in [6, 6.07) is -1.33. The van der Waals surface area contributed by atoms with E-state index in [4.69, 9.17) is 26.7 Å². The highest BCUT2D eigenvalue weighted by molar-refractivity contribution is 5.89. The molecule has 2 aliphatic rings. The van der Waals surface area contributed by atoms with Gasteiger partial charge in [0.15, 0.2) is 5.78 Å². The Balaban J connectivity index is 2.03. The number of nitrogens with two attached hydrogens (primary N) is 3. The van der Waals surface area contributed by atoms with Crippen LogP contribution in [0.1, 0.15) is 19.8 Å². The summed E-state index contributed by atoms with van der Waals surface area (Å²) in [5.41, 5.74) is 17.6. The van der Waals surface area contributed by atoms with Crippen LogP contribution >= 0.6 is 0 Å². The molecule has 0 spiro atoms. The number of ether oxygens (including phenoxy) is 2. The molecule has 1 aliphatic carbocycles. The van der Waals surface area contributed by atoms with Crippen molar-refractivity contribution in [3.8, 4) is 0 Å². The maximum absolute atomic E-state index is 12.2. The van der Waals surface area contributed by atoms with Crippen molar-refractivity contribution in [1.29, 1.82) is 0 Å². The average Bonchev–Trinajstić information content (AvgIpc) is 2.51. The van der Waals surface area contributed by atoms with Gasteiger partial charge >= 0.3 is 0 Å². The molecule has 8 heteroatoms. The summed E-state index contributed by atoms with van der Waals surface area (Å²) < 4.78 is 11.3. The highest BCUT2D eigenvalue weighted by Gasteiger charge is 2.44. The lowest BCUT2D eigenvalue weighted by molar-refractivity contribution is -0.201. The van der Waals surface area contributed by atoms with E-state index in [1.54, 1.807) is 0 Å². The fourth-order valence-corrected chi connectivity index (χ4v) is 2.81. The van der Waals surface area contributed by atoms with Crippen LogP contribution in [0.5, 0.6) is 0 Å². The second-order valence-electron chi connectivity index (χ2n) is 5.72. The minimum absolute atomic E-state index is 0.243. The Morgan fingerprint density at radius 1 is 1.45 bits per heavy atom. The molecule has 0 aromatic rings. The van der Waals surface area contributed by atoms with E-state index in [1.165, 1.54) is 0 Å². The van der Waals surface area contributed by atoms with Gasteiger partial charge in [-0.25, -0.2) is 0 Å². The van der Waals surface area contributed by atoms with Crippen molar-refractivity contribution in [1.82, 2.24) is 5.32 Å². The van der Waals surface area contributed by atoms with Crippen molar-refractivity contribution in [3.05, 3.63) is 11.8 Å². The van der Waals surface area contributed by atoms with E-state index >= 15 is 0 Å². The molecule has 1 heterocycles. The molecule has 126 valence electrons. The van der Waals surface area contributed by atoms with Crippen LogP contribution in [0.4, 0.5) is 0 Å². The maximum atomic E-state index is 12.2. The Kier molecular flexibility index (Phi) is 5.90. The van der Waals surface area contributed by atoms with Crippen LogP contribution < -0.4 is 22.5 Å². The molecule has 8 nitrogen and oxygen atoms in total. The second kappa shape index (κ2) is 7.49. The molecule has 0 aromatic heterocycles. The topological polar surface area (TPSA) is 146 Å². The van der Waals surface area contributed by atoms with Crippen molar-refractivity contribution >= 4 is 5.78 Å². The first kappa shape index (κ1) is 17.3. The van der Waals surface area contributed by atoms with E-state index in [9.17, 15) is 9.90 Å². The van der Waals surface area contributed by atoms with Gasteiger partial charge in [0.25, 0.3) is 0 Å². The van der Waals surface area contributed by atoms with Gasteiger partial charge in [-0.1, -0.05) is 6.92 Å². The molecule has 1 saturated carbocycles. The van der Waals surface area contributed by atoms with Crippen LogP contribution in [0.15, 0.2) is 11.8 Å². The van der Waals surface area contributed by atoms with Crippen molar-refractivity contribution in [3.63, 3.8) is 0 Å². The number of rotatable bonds is 5. The standard InChI is InChI=1S/C14H26N4O4/c1-2-18-10-5-9(17)13(12(20)11(10)19)22-14-8(16)4-3-7(6-15)21-14/h3,8-10,12-14,18,20H,2,4-6,15-17H2,1H3/t8-,9+,10-,12-,13-,14-/m1/s1. The summed E-state index contributed by atoms with van der Waals surface area (Å²) >= 11 is 0. The van der Waals surface area contributed by atoms with E-state index < -0.39 is 36.6 Å². The molecule has 0 aromatic carbocycles. The van der Waals surface area contributed by atoms with Crippen LogP contribution in [-0.2, 0) is 14.3 Å². The van der Waals surface area contributed by atoms with Crippen LogP contribution in [-0.4, -0.2) is 60.6 Å². The first-order valence-corrected chi connectivity index (χ1v) is 7.65. The maximum Gasteiger partial charge on any atom is 0.215 e. The second-order valence-corrected chi connectivity index (χ2v) is 5.72. The minimum atomic E-state index is -1.30. The summed E-state index contributed by atoms with van der Waals surface area (Å²) in [5.74, 6) is 0.273. The Morgan fingerprint density at radius 2 is 2.18 bits per heavy atom. The van der Waals surface area contributed by atoms with Crippen LogP contribution in [0.25, 0.3) is 0 Å². The first-order valence-electron chi connectivity index (χ1n) is 7.65. The Bertz CT molecular complexity index is 431. The molecule has 0 amide bonds. The van der Waals surface area contributed by atoms with Gasteiger partial charge < -0.3 is 37.1 Å². The monoisotopic (exact) mass is 314 g/mol.